The summed E-state index contributed by atoms with van der Waals surface area (Å²) in [6.45, 7) is 6.92. The van der Waals surface area contributed by atoms with Crippen molar-refractivity contribution in [3.05, 3.63) is 30.3 Å². The number of carbonyl (C=O) groups is 1. The molecule has 3 nitrogen and oxygen atoms in total. The van der Waals surface area contributed by atoms with Crippen molar-refractivity contribution in [2.45, 2.75) is 59.0 Å². The predicted molar refractivity (Wildman–Crippen MR) is 90.8 cm³/mol. The Hall–Kier alpha value is -1.35. The van der Waals surface area contributed by atoms with Gasteiger partial charge in [0.15, 0.2) is 0 Å². The molecule has 0 spiro atoms. The maximum Gasteiger partial charge on any atom is 0.223 e. The predicted octanol–water partition coefficient (Wildman–Crippen LogP) is 4.01. The molecule has 1 aliphatic carbocycles. The van der Waals surface area contributed by atoms with Gasteiger partial charge >= 0.3 is 0 Å². The van der Waals surface area contributed by atoms with Crippen molar-refractivity contribution >= 4 is 11.6 Å². The second kappa shape index (κ2) is 7.28. The smallest absolute Gasteiger partial charge is 0.223 e. The van der Waals surface area contributed by atoms with Gasteiger partial charge in [0, 0.05) is 19.2 Å². The minimum atomic E-state index is -0.171. The fraction of sp³-hybridized carbons (Fsp3) is 0.632. The summed E-state index contributed by atoms with van der Waals surface area (Å²) in [5, 5.41) is 10.2. The van der Waals surface area contributed by atoms with Crippen LogP contribution >= 0.6 is 0 Å². The number of hydrogen-bond donors (Lipinski definition) is 1. The maximum atomic E-state index is 11.9. The lowest BCUT2D eigenvalue weighted by Crippen LogP contribution is -2.35. The van der Waals surface area contributed by atoms with Gasteiger partial charge in [-0.15, -0.1) is 0 Å². The van der Waals surface area contributed by atoms with Crippen LogP contribution in [0.2, 0.25) is 0 Å². The van der Waals surface area contributed by atoms with E-state index in [1.807, 2.05) is 35.2 Å². The minimum Gasteiger partial charge on any atom is -0.393 e. The number of hydrogen-bond acceptors (Lipinski definition) is 2. The molecule has 0 radical (unpaired) electrons. The van der Waals surface area contributed by atoms with Crippen LogP contribution in [0.15, 0.2) is 30.3 Å². The summed E-state index contributed by atoms with van der Waals surface area (Å²) in [5.74, 6) is 0.448. The molecule has 2 rings (SSSR count). The van der Waals surface area contributed by atoms with Crippen LogP contribution in [0, 0.1) is 11.3 Å². The molecule has 1 aromatic carbocycles. The Labute approximate surface area is 134 Å². The lowest BCUT2D eigenvalue weighted by Gasteiger charge is -2.38. The van der Waals surface area contributed by atoms with E-state index in [4.69, 9.17) is 0 Å². The highest BCUT2D eigenvalue weighted by Gasteiger charge is 2.33. The number of benzene rings is 1. The summed E-state index contributed by atoms with van der Waals surface area (Å²) in [6.07, 6.45) is 4.85. The minimum absolute atomic E-state index is 0.0794. The zero-order chi connectivity index (χ0) is 16.2. The van der Waals surface area contributed by atoms with Gasteiger partial charge in [0.05, 0.1) is 6.10 Å². The number of aliphatic hydroxyl groups excluding tert-OH is 1. The fourth-order valence-electron chi connectivity index (χ4n) is 3.60. The van der Waals surface area contributed by atoms with Crippen molar-refractivity contribution in [1.82, 2.24) is 0 Å². The van der Waals surface area contributed by atoms with Crippen LogP contribution in [0.5, 0.6) is 0 Å². The molecule has 1 N–H and O–H groups in total. The van der Waals surface area contributed by atoms with Crippen LogP contribution in [-0.2, 0) is 4.79 Å². The number of amides is 1. The van der Waals surface area contributed by atoms with Crippen molar-refractivity contribution in [1.29, 1.82) is 0 Å². The first-order chi connectivity index (χ1) is 10.4. The molecular formula is C19H29NO2. The molecule has 0 heterocycles. The normalized spacial score (nSPS) is 24.0. The highest BCUT2D eigenvalue weighted by atomic mass is 16.3. The van der Waals surface area contributed by atoms with Crippen LogP contribution < -0.4 is 4.90 Å². The molecule has 3 heteroatoms. The van der Waals surface area contributed by atoms with E-state index in [0.717, 1.165) is 44.3 Å². The molecule has 1 fully saturated rings. The Morgan fingerprint density at radius 1 is 1.32 bits per heavy atom. The number of aliphatic hydroxyl groups is 1. The Kier molecular flexibility index (Phi) is 5.63. The zero-order valence-electron chi connectivity index (χ0n) is 14.1. The SMILES string of the molecule is CC(=O)N(CCC[C@@H]1CC(C)(C)CC[C@@H]1O)c1ccccc1. The van der Waals surface area contributed by atoms with Gasteiger partial charge in [-0.2, -0.15) is 0 Å². The average Bonchev–Trinajstić information content (AvgIpc) is 2.47. The van der Waals surface area contributed by atoms with Crippen molar-refractivity contribution in [3.8, 4) is 0 Å². The van der Waals surface area contributed by atoms with E-state index in [1.54, 1.807) is 6.92 Å². The Morgan fingerprint density at radius 2 is 2.00 bits per heavy atom. The van der Waals surface area contributed by atoms with Crippen molar-refractivity contribution in [2.75, 3.05) is 11.4 Å². The van der Waals surface area contributed by atoms with Gasteiger partial charge < -0.3 is 10.0 Å². The Morgan fingerprint density at radius 3 is 2.64 bits per heavy atom. The molecule has 1 amide bonds. The van der Waals surface area contributed by atoms with E-state index in [1.165, 1.54) is 0 Å². The largest absolute Gasteiger partial charge is 0.393 e. The third-order valence-electron chi connectivity index (χ3n) is 4.88. The highest BCUT2D eigenvalue weighted by Crippen LogP contribution is 2.40. The van der Waals surface area contributed by atoms with E-state index in [9.17, 15) is 9.90 Å². The van der Waals surface area contributed by atoms with Crippen molar-refractivity contribution in [2.24, 2.45) is 11.3 Å². The van der Waals surface area contributed by atoms with Gasteiger partial charge in [-0.1, -0.05) is 32.0 Å². The number of nitrogens with zero attached hydrogens (tertiary/aromatic N) is 1. The molecule has 1 saturated carbocycles. The number of carbonyl (C=O) groups excluding carboxylic acids is 1. The first-order valence-corrected chi connectivity index (χ1v) is 8.40. The van der Waals surface area contributed by atoms with E-state index >= 15 is 0 Å². The molecule has 0 unspecified atom stereocenters. The summed E-state index contributed by atoms with van der Waals surface area (Å²) < 4.78 is 0. The molecule has 122 valence electrons. The second-order valence-corrected chi connectivity index (χ2v) is 7.38. The van der Waals surface area contributed by atoms with Gasteiger partial charge in [-0.05, 0) is 55.6 Å². The third-order valence-corrected chi connectivity index (χ3v) is 4.88. The lowest BCUT2D eigenvalue weighted by molar-refractivity contribution is -0.116. The zero-order valence-corrected chi connectivity index (χ0v) is 14.1. The average molecular weight is 303 g/mol. The molecule has 0 aliphatic heterocycles. The molecule has 2 atom stereocenters. The summed E-state index contributed by atoms with van der Waals surface area (Å²) >= 11 is 0. The standard InChI is InChI=1S/C19H29NO2/c1-15(21)20(17-9-5-4-6-10-17)13-7-8-16-14-19(2,3)12-11-18(16)22/h4-6,9-10,16,18,22H,7-8,11-14H2,1-3H3/t16-,18+/m1/s1. The van der Waals surface area contributed by atoms with Gasteiger partial charge in [0.25, 0.3) is 0 Å². The topological polar surface area (TPSA) is 40.5 Å². The molecular weight excluding hydrogens is 274 g/mol. The van der Waals surface area contributed by atoms with Gasteiger partial charge in [0.1, 0.15) is 0 Å². The number of anilines is 1. The lowest BCUT2D eigenvalue weighted by atomic mass is 9.69. The summed E-state index contributed by atoms with van der Waals surface area (Å²) in [7, 11) is 0. The quantitative estimate of drug-likeness (QED) is 0.893. The van der Waals surface area contributed by atoms with Gasteiger partial charge in [-0.25, -0.2) is 0 Å². The summed E-state index contributed by atoms with van der Waals surface area (Å²) in [6, 6.07) is 9.82. The molecule has 0 aromatic heterocycles. The van der Waals surface area contributed by atoms with Gasteiger partial charge in [0.2, 0.25) is 5.91 Å². The van der Waals surface area contributed by atoms with Crippen LogP contribution in [0.25, 0.3) is 0 Å². The van der Waals surface area contributed by atoms with Crippen molar-refractivity contribution in [3.63, 3.8) is 0 Å². The van der Waals surface area contributed by atoms with Crippen LogP contribution in [0.1, 0.15) is 52.9 Å². The molecule has 1 aromatic rings. The highest BCUT2D eigenvalue weighted by molar-refractivity contribution is 5.91. The molecule has 22 heavy (non-hydrogen) atoms. The number of para-hydroxylation sites is 1. The monoisotopic (exact) mass is 303 g/mol. The summed E-state index contributed by atoms with van der Waals surface area (Å²) in [4.78, 5) is 13.7. The van der Waals surface area contributed by atoms with Crippen LogP contribution in [0.3, 0.4) is 0 Å². The Balaban J connectivity index is 1.89. The Bertz CT molecular complexity index is 483. The number of rotatable bonds is 5. The fourth-order valence-corrected chi connectivity index (χ4v) is 3.60. The van der Waals surface area contributed by atoms with Crippen molar-refractivity contribution < 1.29 is 9.90 Å². The molecule has 0 bridgehead atoms. The van der Waals surface area contributed by atoms with E-state index in [-0.39, 0.29) is 12.0 Å². The van der Waals surface area contributed by atoms with Gasteiger partial charge in [-0.3, -0.25) is 4.79 Å². The molecule has 0 saturated heterocycles. The second-order valence-electron chi connectivity index (χ2n) is 7.38. The van der Waals surface area contributed by atoms with Crippen LogP contribution in [-0.4, -0.2) is 23.7 Å². The van der Waals surface area contributed by atoms with E-state index in [0.29, 0.717) is 11.3 Å². The summed E-state index contributed by atoms with van der Waals surface area (Å²) in [5.41, 5.74) is 1.29. The van der Waals surface area contributed by atoms with Crippen LogP contribution in [0.4, 0.5) is 5.69 Å². The maximum absolute atomic E-state index is 11.9. The first-order valence-electron chi connectivity index (χ1n) is 8.40. The third kappa shape index (κ3) is 4.57. The van der Waals surface area contributed by atoms with E-state index < -0.39 is 0 Å². The van der Waals surface area contributed by atoms with E-state index in [2.05, 4.69) is 13.8 Å². The first kappa shape index (κ1) is 17.0. The molecule has 1 aliphatic rings.